The largest absolute Gasteiger partial charge is 0.251 e. The Labute approximate surface area is 99.3 Å². The van der Waals surface area contributed by atoms with Crippen molar-refractivity contribution in [3.63, 3.8) is 0 Å². The van der Waals surface area contributed by atoms with Gasteiger partial charge < -0.3 is 0 Å². The third-order valence-electron chi connectivity index (χ3n) is 1.83. The molecule has 1 aromatic carbocycles. The van der Waals surface area contributed by atoms with Gasteiger partial charge in [-0.3, -0.25) is 4.98 Å². The summed E-state index contributed by atoms with van der Waals surface area (Å²) in [6.45, 7) is 0. The van der Waals surface area contributed by atoms with Crippen LogP contribution in [0.3, 0.4) is 0 Å². The standard InChI is InChI=1S/C10H5BrClFN2/c11-8-3-6(13)1-2-7(8)9-4-15-10(12)5-14-9/h1-5H. The number of nitrogens with zero attached hydrogens (tertiary/aromatic N) is 2. The van der Waals surface area contributed by atoms with Crippen LogP contribution in [0.15, 0.2) is 35.1 Å². The zero-order valence-electron chi connectivity index (χ0n) is 7.42. The molecular formula is C10H5BrClFN2. The molecule has 1 heterocycles. The van der Waals surface area contributed by atoms with Crippen LogP contribution < -0.4 is 0 Å². The molecule has 76 valence electrons. The van der Waals surface area contributed by atoms with Crippen molar-refractivity contribution >= 4 is 27.5 Å². The molecule has 15 heavy (non-hydrogen) atoms. The molecule has 2 aromatic rings. The first-order chi connectivity index (χ1) is 7.16. The highest BCUT2D eigenvalue weighted by atomic mass is 79.9. The van der Waals surface area contributed by atoms with E-state index in [9.17, 15) is 4.39 Å². The second-order valence-electron chi connectivity index (χ2n) is 2.85. The summed E-state index contributed by atoms with van der Waals surface area (Å²) in [7, 11) is 0. The van der Waals surface area contributed by atoms with Crippen LogP contribution in [0.1, 0.15) is 0 Å². The summed E-state index contributed by atoms with van der Waals surface area (Å²) < 4.78 is 13.5. The predicted octanol–water partition coefficient (Wildman–Crippen LogP) is 3.70. The molecule has 2 nitrogen and oxygen atoms in total. The van der Waals surface area contributed by atoms with Crippen LogP contribution >= 0.6 is 27.5 Å². The van der Waals surface area contributed by atoms with Crippen molar-refractivity contribution < 1.29 is 4.39 Å². The van der Waals surface area contributed by atoms with Crippen molar-refractivity contribution in [2.45, 2.75) is 0 Å². The fourth-order valence-corrected chi connectivity index (χ4v) is 1.80. The lowest BCUT2D eigenvalue weighted by atomic mass is 10.1. The lowest BCUT2D eigenvalue weighted by Crippen LogP contribution is -1.87. The number of hydrogen-bond acceptors (Lipinski definition) is 2. The van der Waals surface area contributed by atoms with Crippen molar-refractivity contribution in [3.8, 4) is 11.3 Å². The van der Waals surface area contributed by atoms with Crippen molar-refractivity contribution in [2.24, 2.45) is 0 Å². The van der Waals surface area contributed by atoms with Crippen molar-refractivity contribution in [2.75, 3.05) is 0 Å². The van der Waals surface area contributed by atoms with Gasteiger partial charge in [-0.05, 0) is 34.1 Å². The number of hydrogen-bond donors (Lipinski definition) is 0. The normalized spacial score (nSPS) is 10.3. The quantitative estimate of drug-likeness (QED) is 0.799. The molecule has 0 spiro atoms. The molecule has 0 aliphatic heterocycles. The van der Waals surface area contributed by atoms with Crippen LogP contribution in [0.5, 0.6) is 0 Å². The Morgan fingerprint density at radius 1 is 1.20 bits per heavy atom. The molecule has 0 aliphatic rings. The summed E-state index contributed by atoms with van der Waals surface area (Å²) >= 11 is 8.88. The van der Waals surface area contributed by atoms with Gasteiger partial charge in [0.2, 0.25) is 0 Å². The average Bonchev–Trinajstić information content (AvgIpc) is 2.20. The molecular weight excluding hydrogens is 282 g/mol. The van der Waals surface area contributed by atoms with E-state index in [-0.39, 0.29) is 5.82 Å². The van der Waals surface area contributed by atoms with Gasteiger partial charge in [0.15, 0.2) is 0 Å². The summed E-state index contributed by atoms with van der Waals surface area (Å²) in [5, 5.41) is 0.331. The van der Waals surface area contributed by atoms with E-state index < -0.39 is 0 Å². The van der Waals surface area contributed by atoms with Gasteiger partial charge >= 0.3 is 0 Å². The second kappa shape index (κ2) is 4.24. The molecule has 0 N–H and O–H groups in total. The Kier molecular flexibility index (Phi) is 2.98. The molecule has 0 fully saturated rings. The first-order valence-electron chi connectivity index (χ1n) is 4.10. The molecule has 0 radical (unpaired) electrons. The maximum Gasteiger partial charge on any atom is 0.147 e. The summed E-state index contributed by atoms with van der Waals surface area (Å²) in [4.78, 5) is 8.00. The van der Waals surface area contributed by atoms with E-state index >= 15 is 0 Å². The fraction of sp³-hybridized carbons (Fsp3) is 0. The summed E-state index contributed by atoms with van der Waals surface area (Å²) in [6.07, 6.45) is 2.99. The molecule has 0 unspecified atom stereocenters. The fourth-order valence-electron chi connectivity index (χ4n) is 1.15. The van der Waals surface area contributed by atoms with E-state index in [4.69, 9.17) is 11.6 Å². The molecule has 0 atom stereocenters. The molecule has 0 saturated carbocycles. The highest BCUT2D eigenvalue weighted by Gasteiger charge is 2.05. The summed E-state index contributed by atoms with van der Waals surface area (Å²) in [6, 6.07) is 4.39. The van der Waals surface area contributed by atoms with E-state index in [1.807, 2.05) is 0 Å². The van der Waals surface area contributed by atoms with Crippen LogP contribution in [0.25, 0.3) is 11.3 Å². The molecule has 0 bridgehead atoms. The highest BCUT2D eigenvalue weighted by Crippen LogP contribution is 2.27. The Bertz CT molecular complexity index is 487. The van der Waals surface area contributed by atoms with Gasteiger partial charge in [-0.15, -0.1) is 0 Å². The minimum Gasteiger partial charge on any atom is -0.251 e. The van der Waals surface area contributed by atoms with E-state index in [1.54, 1.807) is 12.3 Å². The van der Waals surface area contributed by atoms with Gasteiger partial charge in [-0.2, -0.15) is 0 Å². The van der Waals surface area contributed by atoms with E-state index in [1.165, 1.54) is 18.3 Å². The number of benzene rings is 1. The van der Waals surface area contributed by atoms with Crippen LogP contribution in [-0.4, -0.2) is 9.97 Å². The third-order valence-corrected chi connectivity index (χ3v) is 2.68. The smallest absolute Gasteiger partial charge is 0.147 e. The lowest BCUT2D eigenvalue weighted by Gasteiger charge is -2.03. The molecule has 1 aromatic heterocycles. The van der Waals surface area contributed by atoms with E-state index in [2.05, 4.69) is 25.9 Å². The van der Waals surface area contributed by atoms with Crippen LogP contribution in [0.4, 0.5) is 4.39 Å². The molecule has 5 heteroatoms. The van der Waals surface area contributed by atoms with Crippen molar-refractivity contribution in [1.82, 2.24) is 9.97 Å². The molecule has 0 amide bonds. The molecule has 0 saturated heterocycles. The van der Waals surface area contributed by atoms with E-state index in [0.29, 0.717) is 15.3 Å². The van der Waals surface area contributed by atoms with Gasteiger partial charge in [0, 0.05) is 10.0 Å². The Hall–Kier alpha value is -1.00. The second-order valence-corrected chi connectivity index (χ2v) is 4.09. The summed E-state index contributed by atoms with van der Waals surface area (Å²) in [5.74, 6) is -0.299. The Morgan fingerprint density at radius 3 is 2.60 bits per heavy atom. The van der Waals surface area contributed by atoms with Crippen LogP contribution in [0.2, 0.25) is 5.15 Å². The average molecular weight is 288 g/mol. The monoisotopic (exact) mass is 286 g/mol. The summed E-state index contributed by atoms with van der Waals surface area (Å²) in [5.41, 5.74) is 1.42. The molecule has 0 aliphatic carbocycles. The minimum absolute atomic E-state index is 0.299. The van der Waals surface area contributed by atoms with Gasteiger partial charge in [0.05, 0.1) is 18.1 Å². The zero-order chi connectivity index (χ0) is 10.8. The zero-order valence-corrected chi connectivity index (χ0v) is 9.76. The van der Waals surface area contributed by atoms with Crippen LogP contribution in [0, 0.1) is 5.82 Å². The topological polar surface area (TPSA) is 25.8 Å². The number of halogens is 3. The molecule has 2 rings (SSSR count). The minimum atomic E-state index is -0.299. The van der Waals surface area contributed by atoms with Gasteiger partial charge in [0.25, 0.3) is 0 Å². The van der Waals surface area contributed by atoms with Crippen molar-refractivity contribution in [3.05, 3.63) is 46.0 Å². The third kappa shape index (κ3) is 2.33. The maximum absolute atomic E-state index is 12.8. The van der Waals surface area contributed by atoms with Crippen molar-refractivity contribution in [1.29, 1.82) is 0 Å². The van der Waals surface area contributed by atoms with E-state index in [0.717, 1.165) is 5.56 Å². The number of aromatic nitrogens is 2. The lowest BCUT2D eigenvalue weighted by molar-refractivity contribution is 0.627. The highest BCUT2D eigenvalue weighted by molar-refractivity contribution is 9.10. The number of rotatable bonds is 1. The Morgan fingerprint density at radius 2 is 2.00 bits per heavy atom. The van der Waals surface area contributed by atoms with Gasteiger partial charge in [-0.1, -0.05) is 11.6 Å². The van der Waals surface area contributed by atoms with Gasteiger partial charge in [-0.25, -0.2) is 9.37 Å². The predicted molar refractivity (Wildman–Crippen MR) is 60.1 cm³/mol. The Balaban J connectivity index is 2.49. The van der Waals surface area contributed by atoms with Crippen LogP contribution in [-0.2, 0) is 0 Å². The first kappa shape index (κ1) is 10.5. The maximum atomic E-state index is 12.8. The SMILES string of the molecule is Fc1ccc(-c2cnc(Cl)cn2)c(Br)c1. The van der Waals surface area contributed by atoms with Gasteiger partial charge in [0.1, 0.15) is 11.0 Å². The first-order valence-corrected chi connectivity index (χ1v) is 5.27.